The number of piperazine rings is 1. The monoisotopic (exact) mass is 420 g/mol. The van der Waals surface area contributed by atoms with E-state index in [0.717, 1.165) is 25.4 Å². The van der Waals surface area contributed by atoms with Gasteiger partial charge in [0.25, 0.3) is 5.91 Å². The highest BCUT2D eigenvalue weighted by molar-refractivity contribution is 9.10. The van der Waals surface area contributed by atoms with E-state index in [1.807, 2.05) is 19.1 Å². The number of hydrogen-bond acceptors (Lipinski definition) is 3. The van der Waals surface area contributed by atoms with Crippen molar-refractivity contribution in [1.29, 1.82) is 0 Å². The first-order valence-electron chi connectivity index (χ1n) is 8.75. The molecule has 1 saturated heterocycles. The predicted molar refractivity (Wildman–Crippen MR) is 103 cm³/mol. The summed E-state index contributed by atoms with van der Waals surface area (Å²) >= 11 is 3.30. The molecule has 138 valence electrons. The van der Waals surface area contributed by atoms with Gasteiger partial charge in [0.2, 0.25) is 0 Å². The first kappa shape index (κ1) is 18.9. The van der Waals surface area contributed by atoms with Gasteiger partial charge in [-0.1, -0.05) is 28.1 Å². The lowest BCUT2D eigenvalue weighted by Gasteiger charge is -2.34. The molecule has 1 aliphatic heterocycles. The van der Waals surface area contributed by atoms with Crippen molar-refractivity contribution in [3.63, 3.8) is 0 Å². The van der Waals surface area contributed by atoms with Gasteiger partial charge in [0.1, 0.15) is 11.6 Å². The van der Waals surface area contributed by atoms with E-state index in [1.54, 1.807) is 17.0 Å². The number of ether oxygens (including phenoxy) is 1. The maximum atomic E-state index is 13.9. The molecule has 0 aromatic heterocycles. The van der Waals surface area contributed by atoms with Gasteiger partial charge in [0, 0.05) is 37.2 Å². The van der Waals surface area contributed by atoms with Crippen LogP contribution in [-0.2, 0) is 6.54 Å². The first-order valence-corrected chi connectivity index (χ1v) is 9.54. The lowest BCUT2D eigenvalue weighted by Crippen LogP contribution is -2.48. The fourth-order valence-corrected chi connectivity index (χ4v) is 3.42. The molecule has 0 bridgehead atoms. The van der Waals surface area contributed by atoms with Gasteiger partial charge < -0.3 is 9.64 Å². The molecule has 4 nitrogen and oxygen atoms in total. The van der Waals surface area contributed by atoms with Crippen molar-refractivity contribution < 1.29 is 13.9 Å². The lowest BCUT2D eigenvalue weighted by atomic mass is 10.1. The molecule has 0 unspecified atom stereocenters. The lowest BCUT2D eigenvalue weighted by molar-refractivity contribution is 0.0624. The Morgan fingerprint density at radius 2 is 1.81 bits per heavy atom. The molecule has 0 atom stereocenters. The number of benzene rings is 2. The highest BCUT2D eigenvalue weighted by Gasteiger charge is 2.24. The third-order valence-corrected chi connectivity index (χ3v) is 4.95. The first-order chi connectivity index (χ1) is 12.6. The molecular weight excluding hydrogens is 399 g/mol. The number of carbonyl (C=O) groups excluding carboxylic acids is 1. The van der Waals surface area contributed by atoms with Crippen LogP contribution < -0.4 is 4.74 Å². The normalized spacial score (nSPS) is 15.1. The van der Waals surface area contributed by atoms with Crippen LogP contribution in [0.2, 0.25) is 0 Å². The van der Waals surface area contributed by atoms with Crippen LogP contribution in [0.1, 0.15) is 22.8 Å². The third kappa shape index (κ3) is 4.62. The van der Waals surface area contributed by atoms with Crippen LogP contribution in [0.25, 0.3) is 0 Å². The largest absolute Gasteiger partial charge is 0.494 e. The average Bonchev–Trinajstić information content (AvgIpc) is 2.66. The molecule has 0 saturated carbocycles. The molecule has 6 heteroatoms. The van der Waals surface area contributed by atoms with Crippen molar-refractivity contribution in [3.8, 4) is 5.75 Å². The number of halogens is 2. The van der Waals surface area contributed by atoms with Crippen molar-refractivity contribution in [2.24, 2.45) is 0 Å². The molecule has 1 aliphatic rings. The Morgan fingerprint density at radius 3 is 2.46 bits per heavy atom. The molecular formula is C20H22BrFN2O2. The minimum absolute atomic E-state index is 0.124. The minimum atomic E-state index is -0.477. The maximum absolute atomic E-state index is 13.9. The molecule has 2 aromatic rings. The predicted octanol–water partition coefficient (Wildman–Crippen LogP) is 3.94. The molecule has 0 aliphatic carbocycles. The molecule has 3 rings (SSSR count). The number of rotatable bonds is 5. The number of amides is 1. The van der Waals surface area contributed by atoms with Crippen molar-refractivity contribution >= 4 is 21.8 Å². The highest BCUT2D eigenvalue weighted by atomic mass is 79.9. The van der Waals surface area contributed by atoms with Crippen molar-refractivity contribution in [2.75, 3.05) is 32.8 Å². The molecule has 0 radical (unpaired) electrons. The smallest absolute Gasteiger partial charge is 0.256 e. The van der Waals surface area contributed by atoms with E-state index >= 15 is 0 Å². The Labute approximate surface area is 161 Å². The quantitative estimate of drug-likeness (QED) is 0.733. The summed E-state index contributed by atoms with van der Waals surface area (Å²) < 4.78 is 20.1. The SMILES string of the molecule is CCOc1ccc(CN2CCN(C(=O)c3cc(Br)ccc3F)CC2)cc1. The summed E-state index contributed by atoms with van der Waals surface area (Å²) in [5, 5.41) is 0. The van der Waals surface area contributed by atoms with E-state index in [2.05, 4.69) is 33.0 Å². The van der Waals surface area contributed by atoms with Crippen molar-refractivity contribution in [1.82, 2.24) is 9.80 Å². The summed E-state index contributed by atoms with van der Waals surface area (Å²) in [6, 6.07) is 12.6. The average molecular weight is 421 g/mol. The fraction of sp³-hybridized carbons (Fsp3) is 0.350. The van der Waals surface area contributed by atoms with Gasteiger partial charge in [0.15, 0.2) is 0 Å². The van der Waals surface area contributed by atoms with Crippen LogP contribution >= 0.6 is 15.9 Å². The van der Waals surface area contributed by atoms with Crippen molar-refractivity contribution in [3.05, 3.63) is 63.9 Å². The van der Waals surface area contributed by atoms with Crippen LogP contribution in [0.4, 0.5) is 4.39 Å². The summed E-state index contributed by atoms with van der Waals surface area (Å²) in [4.78, 5) is 16.6. The zero-order valence-electron chi connectivity index (χ0n) is 14.8. The second-order valence-electron chi connectivity index (χ2n) is 6.27. The summed E-state index contributed by atoms with van der Waals surface area (Å²) in [5.74, 6) is 0.155. The summed E-state index contributed by atoms with van der Waals surface area (Å²) in [6.07, 6.45) is 0. The van der Waals surface area contributed by atoms with E-state index in [-0.39, 0.29) is 11.5 Å². The second kappa shape index (κ2) is 8.64. The van der Waals surface area contributed by atoms with E-state index in [9.17, 15) is 9.18 Å². The van der Waals surface area contributed by atoms with Gasteiger partial charge in [-0.05, 0) is 42.8 Å². The van der Waals surface area contributed by atoms with Gasteiger partial charge in [-0.3, -0.25) is 9.69 Å². The van der Waals surface area contributed by atoms with Crippen LogP contribution in [0.5, 0.6) is 5.75 Å². The molecule has 2 aromatic carbocycles. The van der Waals surface area contributed by atoms with Crippen LogP contribution in [0.15, 0.2) is 46.9 Å². The van der Waals surface area contributed by atoms with Gasteiger partial charge in [0.05, 0.1) is 12.2 Å². The number of carbonyl (C=O) groups is 1. The Hall–Kier alpha value is -1.92. The van der Waals surface area contributed by atoms with Gasteiger partial charge in [-0.25, -0.2) is 4.39 Å². The fourth-order valence-electron chi connectivity index (χ4n) is 3.06. The molecule has 0 spiro atoms. The Balaban J connectivity index is 1.55. The van der Waals surface area contributed by atoms with Gasteiger partial charge in [-0.2, -0.15) is 0 Å². The minimum Gasteiger partial charge on any atom is -0.494 e. The highest BCUT2D eigenvalue weighted by Crippen LogP contribution is 2.19. The zero-order valence-corrected chi connectivity index (χ0v) is 16.3. The van der Waals surface area contributed by atoms with Gasteiger partial charge in [-0.15, -0.1) is 0 Å². The molecule has 26 heavy (non-hydrogen) atoms. The number of nitrogens with zero attached hydrogens (tertiary/aromatic N) is 2. The van der Waals surface area contributed by atoms with Crippen molar-refractivity contribution in [2.45, 2.75) is 13.5 Å². The topological polar surface area (TPSA) is 32.8 Å². The summed E-state index contributed by atoms with van der Waals surface area (Å²) in [6.45, 7) is 6.20. The van der Waals surface area contributed by atoms with E-state index in [4.69, 9.17) is 4.74 Å². The summed E-state index contributed by atoms with van der Waals surface area (Å²) in [7, 11) is 0. The second-order valence-corrected chi connectivity index (χ2v) is 7.19. The summed E-state index contributed by atoms with van der Waals surface area (Å²) in [5.41, 5.74) is 1.34. The Bertz CT molecular complexity index is 759. The van der Waals surface area contributed by atoms with E-state index in [1.165, 1.54) is 11.6 Å². The van der Waals surface area contributed by atoms with Crippen LogP contribution in [-0.4, -0.2) is 48.5 Å². The molecule has 1 heterocycles. The zero-order chi connectivity index (χ0) is 18.5. The van der Waals surface area contributed by atoms with Gasteiger partial charge >= 0.3 is 0 Å². The van der Waals surface area contributed by atoms with E-state index < -0.39 is 5.82 Å². The van der Waals surface area contributed by atoms with Crippen LogP contribution in [0.3, 0.4) is 0 Å². The maximum Gasteiger partial charge on any atom is 0.256 e. The molecule has 1 amide bonds. The Kier molecular flexibility index (Phi) is 6.27. The third-order valence-electron chi connectivity index (χ3n) is 4.46. The number of hydrogen-bond donors (Lipinski definition) is 0. The Morgan fingerprint density at radius 1 is 1.12 bits per heavy atom. The van der Waals surface area contributed by atoms with Crippen LogP contribution in [0, 0.1) is 5.82 Å². The molecule has 0 N–H and O–H groups in total. The standard InChI is InChI=1S/C20H22BrFN2O2/c1-2-26-17-6-3-15(4-7-17)14-23-9-11-24(12-10-23)20(25)18-13-16(21)5-8-19(18)22/h3-8,13H,2,9-12,14H2,1H3. The van der Waals surface area contributed by atoms with E-state index in [0.29, 0.717) is 24.2 Å². The molecule has 1 fully saturated rings.